The zero-order valence-electron chi connectivity index (χ0n) is 17.3. The molecule has 0 aliphatic heterocycles. The van der Waals surface area contributed by atoms with Crippen LogP contribution in [0.25, 0.3) is 0 Å². The fourth-order valence-electron chi connectivity index (χ4n) is 3.44. The SMILES string of the molecule is CCOc1ccccc1NC(=O)[C@@H](c1ccccc1)N(C)Cc1ccccc1C. The number of hydrogen-bond acceptors (Lipinski definition) is 3. The lowest BCUT2D eigenvalue weighted by Gasteiger charge is -2.28. The number of rotatable bonds is 8. The second-order valence-corrected chi connectivity index (χ2v) is 7.07. The van der Waals surface area contributed by atoms with Crippen LogP contribution in [0.5, 0.6) is 5.75 Å². The summed E-state index contributed by atoms with van der Waals surface area (Å²) < 4.78 is 5.67. The van der Waals surface area contributed by atoms with Crippen LogP contribution >= 0.6 is 0 Å². The largest absolute Gasteiger partial charge is 0.492 e. The number of anilines is 1. The second-order valence-electron chi connectivity index (χ2n) is 7.07. The van der Waals surface area contributed by atoms with E-state index in [0.29, 0.717) is 24.6 Å². The monoisotopic (exact) mass is 388 g/mol. The fraction of sp³-hybridized carbons (Fsp3) is 0.240. The number of hydrogen-bond donors (Lipinski definition) is 1. The summed E-state index contributed by atoms with van der Waals surface area (Å²) in [5, 5.41) is 3.07. The topological polar surface area (TPSA) is 41.6 Å². The molecule has 0 heterocycles. The standard InChI is InChI=1S/C25H28N2O2/c1-4-29-23-17-11-10-16-22(23)26-25(28)24(20-13-6-5-7-14-20)27(3)18-21-15-9-8-12-19(21)2/h5-17,24H,4,18H2,1-3H3,(H,26,28)/t24-/m1/s1. The number of ether oxygens (including phenoxy) is 1. The maximum Gasteiger partial charge on any atom is 0.246 e. The number of nitrogens with zero attached hydrogens (tertiary/aromatic N) is 1. The maximum absolute atomic E-state index is 13.4. The van der Waals surface area contributed by atoms with Crippen LogP contribution in [-0.2, 0) is 11.3 Å². The molecule has 0 aliphatic carbocycles. The number of para-hydroxylation sites is 2. The molecule has 4 nitrogen and oxygen atoms in total. The van der Waals surface area contributed by atoms with Gasteiger partial charge in [0.25, 0.3) is 0 Å². The highest BCUT2D eigenvalue weighted by atomic mass is 16.5. The predicted molar refractivity (Wildman–Crippen MR) is 118 cm³/mol. The zero-order chi connectivity index (χ0) is 20.6. The highest BCUT2D eigenvalue weighted by Crippen LogP contribution is 2.28. The molecule has 3 aromatic carbocycles. The third-order valence-electron chi connectivity index (χ3n) is 4.93. The molecule has 29 heavy (non-hydrogen) atoms. The first-order valence-electron chi connectivity index (χ1n) is 9.92. The van der Waals surface area contributed by atoms with Crippen molar-refractivity contribution in [3.8, 4) is 5.75 Å². The van der Waals surface area contributed by atoms with Crippen molar-refractivity contribution in [2.24, 2.45) is 0 Å². The molecule has 0 bridgehead atoms. The van der Waals surface area contributed by atoms with E-state index < -0.39 is 6.04 Å². The molecule has 1 atom stereocenters. The number of nitrogens with one attached hydrogen (secondary N) is 1. The van der Waals surface area contributed by atoms with Crippen LogP contribution in [0.1, 0.15) is 29.7 Å². The number of aryl methyl sites for hydroxylation is 1. The van der Waals surface area contributed by atoms with Gasteiger partial charge in [-0.05, 0) is 49.7 Å². The van der Waals surface area contributed by atoms with Gasteiger partial charge in [0.15, 0.2) is 0 Å². The Balaban J connectivity index is 1.88. The highest BCUT2D eigenvalue weighted by molar-refractivity contribution is 5.96. The quantitative estimate of drug-likeness (QED) is 0.576. The van der Waals surface area contributed by atoms with Crippen LogP contribution < -0.4 is 10.1 Å². The number of carbonyl (C=O) groups excluding carboxylic acids is 1. The minimum atomic E-state index is -0.425. The van der Waals surface area contributed by atoms with Gasteiger partial charge in [-0.1, -0.05) is 66.7 Å². The summed E-state index contributed by atoms with van der Waals surface area (Å²) in [6, 6.07) is 25.3. The molecule has 0 saturated carbocycles. The van der Waals surface area contributed by atoms with Crippen LogP contribution in [0, 0.1) is 6.92 Å². The van der Waals surface area contributed by atoms with Crippen LogP contribution in [-0.4, -0.2) is 24.5 Å². The highest BCUT2D eigenvalue weighted by Gasteiger charge is 2.26. The van der Waals surface area contributed by atoms with Crippen molar-refractivity contribution >= 4 is 11.6 Å². The van der Waals surface area contributed by atoms with Crippen molar-refractivity contribution in [2.45, 2.75) is 26.4 Å². The smallest absolute Gasteiger partial charge is 0.246 e. The summed E-state index contributed by atoms with van der Waals surface area (Å²) in [5.41, 5.74) is 4.06. The maximum atomic E-state index is 13.4. The van der Waals surface area contributed by atoms with Crippen LogP contribution in [0.15, 0.2) is 78.9 Å². The van der Waals surface area contributed by atoms with E-state index >= 15 is 0 Å². The van der Waals surface area contributed by atoms with E-state index in [9.17, 15) is 4.79 Å². The lowest BCUT2D eigenvalue weighted by atomic mass is 10.0. The summed E-state index contributed by atoms with van der Waals surface area (Å²) in [6.07, 6.45) is 0. The van der Waals surface area contributed by atoms with Crippen LogP contribution in [0.3, 0.4) is 0 Å². The van der Waals surface area contributed by atoms with E-state index in [1.54, 1.807) is 0 Å². The second kappa shape index (κ2) is 9.89. The first kappa shape index (κ1) is 20.6. The average Bonchev–Trinajstić information content (AvgIpc) is 2.72. The summed E-state index contributed by atoms with van der Waals surface area (Å²) >= 11 is 0. The van der Waals surface area contributed by atoms with Crippen molar-refractivity contribution in [1.29, 1.82) is 0 Å². The summed E-state index contributed by atoms with van der Waals surface area (Å²) in [4.78, 5) is 15.5. The molecule has 0 fully saturated rings. The van der Waals surface area contributed by atoms with Gasteiger partial charge in [0.05, 0.1) is 12.3 Å². The Bertz CT molecular complexity index is 940. The molecule has 0 spiro atoms. The summed E-state index contributed by atoms with van der Waals surface area (Å²) in [7, 11) is 1.98. The number of likely N-dealkylation sites (N-methyl/N-ethyl adjacent to an activating group) is 1. The van der Waals surface area contributed by atoms with Gasteiger partial charge in [-0.15, -0.1) is 0 Å². The Hall–Kier alpha value is -3.11. The number of benzene rings is 3. The van der Waals surface area contributed by atoms with Gasteiger partial charge in [0.2, 0.25) is 5.91 Å². The molecule has 0 aliphatic rings. The molecular weight excluding hydrogens is 360 g/mol. The van der Waals surface area contributed by atoms with E-state index in [1.807, 2.05) is 80.7 Å². The average molecular weight is 389 g/mol. The Morgan fingerprint density at radius 1 is 0.966 bits per heavy atom. The first-order valence-corrected chi connectivity index (χ1v) is 9.92. The molecular formula is C25H28N2O2. The third kappa shape index (κ3) is 5.24. The summed E-state index contributed by atoms with van der Waals surface area (Å²) in [5.74, 6) is 0.594. The molecule has 0 radical (unpaired) electrons. The van der Waals surface area contributed by atoms with E-state index in [-0.39, 0.29) is 5.91 Å². The van der Waals surface area contributed by atoms with Gasteiger partial charge >= 0.3 is 0 Å². The van der Waals surface area contributed by atoms with E-state index in [0.717, 1.165) is 5.56 Å². The van der Waals surface area contributed by atoms with Gasteiger partial charge in [-0.2, -0.15) is 0 Å². The molecule has 0 aromatic heterocycles. The first-order chi connectivity index (χ1) is 14.1. The van der Waals surface area contributed by atoms with Crippen molar-refractivity contribution in [2.75, 3.05) is 19.0 Å². The van der Waals surface area contributed by atoms with E-state index in [2.05, 4.69) is 29.3 Å². The molecule has 1 amide bonds. The van der Waals surface area contributed by atoms with Gasteiger partial charge < -0.3 is 10.1 Å². The Kier molecular flexibility index (Phi) is 7.04. The Morgan fingerprint density at radius 2 is 1.62 bits per heavy atom. The lowest BCUT2D eigenvalue weighted by Crippen LogP contribution is -2.34. The zero-order valence-corrected chi connectivity index (χ0v) is 17.3. The lowest BCUT2D eigenvalue weighted by molar-refractivity contribution is -0.121. The molecule has 3 rings (SSSR count). The van der Waals surface area contributed by atoms with Crippen molar-refractivity contribution < 1.29 is 9.53 Å². The molecule has 0 unspecified atom stereocenters. The van der Waals surface area contributed by atoms with Crippen molar-refractivity contribution in [1.82, 2.24) is 4.90 Å². The summed E-state index contributed by atoms with van der Waals surface area (Å²) in [6.45, 7) is 5.25. The molecule has 150 valence electrons. The van der Waals surface area contributed by atoms with Gasteiger partial charge in [0, 0.05) is 6.54 Å². The Morgan fingerprint density at radius 3 is 2.34 bits per heavy atom. The van der Waals surface area contributed by atoms with Gasteiger partial charge in [-0.3, -0.25) is 9.69 Å². The molecule has 4 heteroatoms. The fourth-order valence-corrected chi connectivity index (χ4v) is 3.44. The Labute approximate surface area is 173 Å². The van der Waals surface area contributed by atoms with E-state index in [1.165, 1.54) is 11.1 Å². The van der Waals surface area contributed by atoms with Crippen molar-refractivity contribution in [3.05, 3.63) is 95.6 Å². The normalized spacial score (nSPS) is 11.9. The van der Waals surface area contributed by atoms with Crippen LogP contribution in [0.4, 0.5) is 5.69 Å². The predicted octanol–water partition coefficient (Wildman–Crippen LogP) is 5.21. The van der Waals surface area contributed by atoms with Gasteiger partial charge in [-0.25, -0.2) is 0 Å². The van der Waals surface area contributed by atoms with Gasteiger partial charge in [0.1, 0.15) is 11.8 Å². The molecule has 0 saturated heterocycles. The molecule has 1 N–H and O–H groups in total. The van der Waals surface area contributed by atoms with Crippen molar-refractivity contribution in [3.63, 3.8) is 0 Å². The third-order valence-corrected chi connectivity index (χ3v) is 4.93. The minimum Gasteiger partial charge on any atom is -0.492 e. The number of carbonyl (C=O) groups is 1. The van der Waals surface area contributed by atoms with Crippen LogP contribution in [0.2, 0.25) is 0 Å². The van der Waals surface area contributed by atoms with E-state index in [4.69, 9.17) is 4.74 Å². The number of amides is 1. The molecule has 3 aromatic rings. The minimum absolute atomic E-state index is 0.0839.